The molecule has 0 spiro atoms. The number of methoxy groups -OCH3 is 1. The maximum absolute atomic E-state index is 11.4. The predicted molar refractivity (Wildman–Crippen MR) is 54.4 cm³/mol. The van der Waals surface area contributed by atoms with Crippen molar-refractivity contribution in [1.29, 1.82) is 0 Å². The SMILES string of the molecule is COCc1c(C)ncc(C)c1C(C)=O. The first-order valence-electron chi connectivity index (χ1n) is 4.53. The molecule has 0 aromatic carbocycles. The first-order valence-corrected chi connectivity index (χ1v) is 4.53. The first kappa shape index (κ1) is 10.9. The van der Waals surface area contributed by atoms with Crippen LogP contribution in [0.5, 0.6) is 0 Å². The Hall–Kier alpha value is -1.22. The van der Waals surface area contributed by atoms with E-state index in [9.17, 15) is 4.79 Å². The van der Waals surface area contributed by atoms with E-state index in [1.165, 1.54) is 0 Å². The van der Waals surface area contributed by atoms with Gasteiger partial charge in [0, 0.05) is 30.1 Å². The Balaban J connectivity index is 3.33. The van der Waals surface area contributed by atoms with Crippen LogP contribution in [-0.4, -0.2) is 17.9 Å². The average Bonchev–Trinajstić information content (AvgIpc) is 2.11. The normalized spacial score (nSPS) is 10.3. The van der Waals surface area contributed by atoms with Gasteiger partial charge in [-0.15, -0.1) is 0 Å². The zero-order chi connectivity index (χ0) is 10.7. The Bertz CT molecular complexity index is 359. The van der Waals surface area contributed by atoms with Gasteiger partial charge in [0.15, 0.2) is 5.78 Å². The van der Waals surface area contributed by atoms with Gasteiger partial charge in [0.1, 0.15) is 0 Å². The molecule has 0 saturated heterocycles. The van der Waals surface area contributed by atoms with Crippen molar-refractivity contribution in [2.75, 3.05) is 7.11 Å². The number of hydrogen-bond acceptors (Lipinski definition) is 3. The second-order valence-corrected chi connectivity index (χ2v) is 3.37. The van der Waals surface area contributed by atoms with Crippen LogP contribution in [0.2, 0.25) is 0 Å². The van der Waals surface area contributed by atoms with Gasteiger partial charge in [0.25, 0.3) is 0 Å². The minimum absolute atomic E-state index is 0.0695. The summed E-state index contributed by atoms with van der Waals surface area (Å²) in [6.45, 7) is 5.79. The number of pyridine rings is 1. The van der Waals surface area contributed by atoms with Crippen molar-refractivity contribution in [2.24, 2.45) is 0 Å². The Morgan fingerprint density at radius 2 is 2.14 bits per heavy atom. The smallest absolute Gasteiger partial charge is 0.160 e. The maximum Gasteiger partial charge on any atom is 0.160 e. The van der Waals surface area contributed by atoms with Crippen LogP contribution in [0.1, 0.15) is 34.1 Å². The molecule has 0 aliphatic carbocycles. The fraction of sp³-hybridized carbons (Fsp3) is 0.455. The third-order valence-corrected chi connectivity index (χ3v) is 2.23. The second kappa shape index (κ2) is 4.33. The molecule has 14 heavy (non-hydrogen) atoms. The highest BCUT2D eigenvalue weighted by Gasteiger charge is 2.13. The molecule has 0 aliphatic rings. The number of carbonyl (C=O) groups is 1. The highest BCUT2D eigenvalue weighted by Crippen LogP contribution is 2.17. The van der Waals surface area contributed by atoms with Crippen molar-refractivity contribution in [3.63, 3.8) is 0 Å². The van der Waals surface area contributed by atoms with E-state index in [0.717, 1.165) is 22.4 Å². The average molecular weight is 193 g/mol. The molecule has 1 rings (SSSR count). The highest BCUT2D eigenvalue weighted by molar-refractivity contribution is 5.97. The van der Waals surface area contributed by atoms with Crippen molar-refractivity contribution in [3.05, 3.63) is 28.6 Å². The molecule has 1 aromatic heterocycles. The van der Waals surface area contributed by atoms with Crippen LogP contribution < -0.4 is 0 Å². The lowest BCUT2D eigenvalue weighted by Gasteiger charge is -2.11. The lowest BCUT2D eigenvalue weighted by atomic mass is 10.00. The number of ketones is 1. The van der Waals surface area contributed by atoms with E-state index in [0.29, 0.717) is 6.61 Å². The first-order chi connectivity index (χ1) is 6.57. The molecule has 1 heterocycles. The van der Waals surface area contributed by atoms with Crippen molar-refractivity contribution in [1.82, 2.24) is 4.98 Å². The second-order valence-electron chi connectivity index (χ2n) is 3.37. The van der Waals surface area contributed by atoms with E-state index < -0.39 is 0 Å². The molecular formula is C11H15NO2. The summed E-state index contributed by atoms with van der Waals surface area (Å²) in [4.78, 5) is 15.6. The highest BCUT2D eigenvalue weighted by atomic mass is 16.5. The molecule has 0 radical (unpaired) electrons. The maximum atomic E-state index is 11.4. The molecule has 0 bridgehead atoms. The molecular weight excluding hydrogens is 178 g/mol. The molecule has 3 nitrogen and oxygen atoms in total. The van der Waals surface area contributed by atoms with Crippen molar-refractivity contribution in [2.45, 2.75) is 27.4 Å². The number of nitrogens with zero attached hydrogens (tertiary/aromatic N) is 1. The summed E-state index contributed by atoms with van der Waals surface area (Å²) in [5.74, 6) is 0.0695. The van der Waals surface area contributed by atoms with Gasteiger partial charge >= 0.3 is 0 Å². The van der Waals surface area contributed by atoms with Crippen LogP contribution in [0.15, 0.2) is 6.20 Å². The number of rotatable bonds is 3. The topological polar surface area (TPSA) is 39.2 Å². The number of aryl methyl sites for hydroxylation is 2. The monoisotopic (exact) mass is 193 g/mol. The lowest BCUT2D eigenvalue weighted by molar-refractivity contribution is 0.101. The molecule has 3 heteroatoms. The molecule has 0 amide bonds. The van der Waals surface area contributed by atoms with E-state index in [4.69, 9.17) is 4.74 Å². The third kappa shape index (κ3) is 1.99. The van der Waals surface area contributed by atoms with E-state index in [1.54, 1.807) is 20.2 Å². The van der Waals surface area contributed by atoms with Crippen molar-refractivity contribution < 1.29 is 9.53 Å². The lowest BCUT2D eigenvalue weighted by Crippen LogP contribution is -2.07. The summed E-state index contributed by atoms with van der Waals surface area (Å²) in [6, 6.07) is 0. The molecule has 0 fully saturated rings. The summed E-state index contributed by atoms with van der Waals surface area (Å²) in [5, 5.41) is 0. The van der Waals surface area contributed by atoms with E-state index in [2.05, 4.69) is 4.98 Å². The number of Topliss-reactive ketones (excluding diaryl/α,β-unsaturated/α-hetero) is 1. The standard InChI is InChI=1S/C11H15NO2/c1-7-5-12-8(2)10(6-14-4)11(7)9(3)13/h5H,6H2,1-4H3. The minimum Gasteiger partial charge on any atom is -0.380 e. The van der Waals surface area contributed by atoms with Gasteiger partial charge in [-0.05, 0) is 26.3 Å². The minimum atomic E-state index is 0.0695. The Labute approximate surface area is 84.1 Å². The van der Waals surface area contributed by atoms with Crippen LogP contribution in [0.4, 0.5) is 0 Å². The van der Waals surface area contributed by atoms with Gasteiger partial charge in [-0.2, -0.15) is 0 Å². The van der Waals surface area contributed by atoms with Crippen LogP contribution in [-0.2, 0) is 11.3 Å². The molecule has 0 unspecified atom stereocenters. The summed E-state index contributed by atoms with van der Waals surface area (Å²) in [5.41, 5.74) is 3.43. The van der Waals surface area contributed by atoms with Gasteiger partial charge < -0.3 is 4.74 Å². The Kier molecular flexibility index (Phi) is 3.36. The van der Waals surface area contributed by atoms with Crippen LogP contribution in [0.3, 0.4) is 0 Å². The van der Waals surface area contributed by atoms with Crippen LogP contribution in [0.25, 0.3) is 0 Å². The number of carbonyl (C=O) groups excluding carboxylic acids is 1. The zero-order valence-corrected chi connectivity index (χ0v) is 9.05. The van der Waals surface area contributed by atoms with Gasteiger partial charge in [-0.25, -0.2) is 0 Å². The third-order valence-electron chi connectivity index (χ3n) is 2.23. The Morgan fingerprint density at radius 1 is 1.50 bits per heavy atom. The molecule has 1 aromatic rings. The van der Waals surface area contributed by atoms with Gasteiger partial charge in [0.2, 0.25) is 0 Å². The summed E-state index contributed by atoms with van der Waals surface area (Å²) >= 11 is 0. The fourth-order valence-corrected chi connectivity index (χ4v) is 1.57. The van der Waals surface area contributed by atoms with Crippen molar-refractivity contribution in [3.8, 4) is 0 Å². The molecule has 0 saturated carbocycles. The number of hydrogen-bond donors (Lipinski definition) is 0. The molecule has 0 atom stereocenters. The van der Waals surface area contributed by atoms with Gasteiger partial charge in [-0.1, -0.05) is 0 Å². The molecule has 0 N–H and O–H groups in total. The van der Waals surface area contributed by atoms with Crippen LogP contribution in [0, 0.1) is 13.8 Å². The quantitative estimate of drug-likeness (QED) is 0.690. The van der Waals surface area contributed by atoms with Crippen molar-refractivity contribution >= 4 is 5.78 Å². The molecule has 0 aliphatic heterocycles. The summed E-state index contributed by atoms with van der Waals surface area (Å²) in [7, 11) is 1.62. The fourth-order valence-electron chi connectivity index (χ4n) is 1.57. The van der Waals surface area contributed by atoms with Gasteiger partial charge in [0.05, 0.1) is 6.61 Å². The largest absolute Gasteiger partial charge is 0.380 e. The zero-order valence-electron chi connectivity index (χ0n) is 9.05. The predicted octanol–water partition coefficient (Wildman–Crippen LogP) is 2.05. The number of ether oxygens (including phenoxy) is 1. The Morgan fingerprint density at radius 3 is 2.64 bits per heavy atom. The molecule has 76 valence electrons. The summed E-state index contributed by atoms with van der Waals surface area (Å²) in [6.07, 6.45) is 1.73. The number of aromatic nitrogens is 1. The van der Waals surface area contributed by atoms with E-state index >= 15 is 0 Å². The van der Waals surface area contributed by atoms with E-state index in [-0.39, 0.29) is 5.78 Å². The van der Waals surface area contributed by atoms with Gasteiger partial charge in [-0.3, -0.25) is 9.78 Å². The van der Waals surface area contributed by atoms with Crippen LogP contribution >= 0.6 is 0 Å². The van der Waals surface area contributed by atoms with E-state index in [1.807, 2.05) is 13.8 Å². The summed E-state index contributed by atoms with van der Waals surface area (Å²) < 4.78 is 5.06.